The normalized spacial score (nSPS) is 17.1. The fourth-order valence-corrected chi connectivity index (χ4v) is 2.00. The van der Waals surface area contributed by atoms with Crippen LogP contribution in [0.2, 0.25) is 0 Å². The Hall–Kier alpha value is -2.50. The molecule has 6 heteroatoms. The van der Waals surface area contributed by atoms with Gasteiger partial charge in [-0.1, -0.05) is 0 Å². The Bertz CT molecular complexity index is 718. The zero-order valence-corrected chi connectivity index (χ0v) is 9.39. The van der Waals surface area contributed by atoms with Gasteiger partial charge >= 0.3 is 12.3 Å². The molecule has 0 saturated heterocycles. The van der Waals surface area contributed by atoms with Crippen molar-refractivity contribution in [2.75, 3.05) is 0 Å². The highest BCUT2D eigenvalue weighted by Crippen LogP contribution is 2.41. The number of rotatable bonds is 1. The molecule has 0 spiro atoms. The van der Waals surface area contributed by atoms with E-state index in [2.05, 4.69) is 4.98 Å². The van der Waals surface area contributed by atoms with Gasteiger partial charge in [0.05, 0.1) is 5.52 Å². The standard InChI is InChI=1S/C12H9NO5/c1-5-4-7-10(18-12(17-7)11(15)16)6-2-3-8(14)13-9(5)6/h2-4,12H,1H3,(H,13,14)(H,15,16). The molecule has 0 amide bonds. The molecule has 2 heterocycles. The lowest BCUT2D eigenvalue weighted by molar-refractivity contribution is -0.154. The number of fused-ring (bicyclic) bond motifs is 3. The summed E-state index contributed by atoms with van der Waals surface area (Å²) in [6.45, 7) is 1.80. The van der Waals surface area contributed by atoms with Crippen LogP contribution in [0, 0.1) is 6.92 Å². The minimum absolute atomic E-state index is 0.223. The molecule has 2 aromatic rings. The summed E-state index contributed by atoms with van der Waals surface area (Å²) >= 11 is 0. The molecule has 1 aliphatic heterocycles. The monoisotopic (exact) mass is 247 g/mol. The summed E-state index contributed by atoms with van der Waals surface area (Å²) in [5.41, 5.74) is 1.19. The molecule has 6 nitrogen and oxygen atoms in total. The van der Waals surface area contributed by atoms with Gasteiger partial charge in [0.1, 0.15) is 0 Å². The van der Waals surface area contributed by atoms with Crippen LogP contribution in [0.5, 0.6) is 11.5 Å². The lowest BCUT2D eigenvalue weighted by atomic mass is 10.1. The predicted molar refractivity (Wildman–Crippen MR) is 62.0 cm³/mol. The van der Waals surface area contributed by atoms with Crippen molar-refractivity contribution in [3.63, 3.8) is 0 Å². The van der Waals surface area contributed by atoms with Crippen molar-refractivity contribution in [1.29, 1.82) is 0 Å². The van der Waals surface area contributed by atoms with E-state index < -0.39 is 12.3 Å². The Balaban J connectivity index is 2.27. The summed E-state index contributed by atoms with van der Waals surface area (Å²) in [5.74, 6) is -0.472. The number of carbonyl (C=O) groups is 1. The average molecular weight is 247 g/mol. The Labute approximate surface area is 101 Å². The van der Waals surface area contributed by atoms with E-state index in [0.29, 0.717) is 22.4 Å². The van der Waals surface area contributed by atoms with Gasteiger partial charge in [-0.3, -0.25) is 4.79 Å². The zero-order valence-electron chi connectivity index (χ0n) is 9.39. The second kappa shape index (κ2) is 3.49. The minimum atomic E-state index is -1.34. The third-order valence-electron chi connectivity index (χ3n) is 2.79. The number of aromatic nitrogens is 1. The molecular weight excluding hydrogens is 238 g/mol. The molecule has 1 aliphatic rings. The molecule has 1 unspecified atom stereocenters. The average Bonchev–Trinajstić information content (AvgIpc) is 2.73. The van der Waals surface area contributed by atoms with Crippen molar-refractivity contribution >= 4 is 16.9 Å². The Morgan fingerprint density at radius 3 is 2.89 bits per heavy atom. The molecule has 1 atom stereocenters. The van der Waals surface area contributed by atoms with E-state index in [9.17, 15) is 9.59 Å². The quantitative estimate of drug-likeness (QED) is 0.785. The molecule has 1 aromatic carbocycles. The molecule has 92 valence electrons. The number of H-pyrrole nitrogens is 1. The zero-order chi connectivity index (χ0) is 12.9. The van der Waals surface area contributed by atoms with Gasteiger partial charge in [0.15, 0.2) is 11.5 Å². The number of hydrogen-bond donors (Lipinski definition) is 2. The van der Waals surface area contributed by atoms with Crippen molar-refractivity contribution in [3.05, 3.63) is 34.1 Å². The smallest absolute Gasteiger partial charge is 0.387 e. The van der Waals surface area contributed by atoms with E-state index in [4.69, 9.17) is 14.6 Å². The number of carboxylic acids is 1. The summed E-state index contributed by atoms with van der Waals surface area (Å²) in [6.07, 6.45) is -1.34. The van der Waals surface area contributed by atoms with Crippen molar-refractivity contribution in [2.45, 2.75) is 13.2 Å². The van der Waals surface area contributed by atoms with Crippen LogP contribution < -0.4 is 15.0 Å². The summed E-state index contributed by atoms with van der Waals surface area (Å²) in [4.78, 5) is 24.8. The van der Waals surface area contributed by atoms with Crippen LogP contribution in [0.15, 0.2) is 23.0 Å². The highest BCUT2D eigenvalue weighted by atomic mass is 16.7. The molecule has 0 aliphatic carbocycles. The van der Waals surface area contributed by atoms with E-state index in [0.717, 1.165) is 5.56 Å². The molecule has 0 saturated carbocycles. The lowest BCUT2D eigenvalue weighted by Crippen LogP contribution is -2.28. The van der Waals surface area contributed by atoms with Crippen molar-refractivity contribution < 1.29 is 19.4 Å². The van der Waals surface area contributed by atoms with Gasteiger partial charge in [-0.15, -0.1) is 0 Å². The van der Waals surface area contributed by atoms with E-state index in [-0.39, 0.29) is 5.56 Å². The molecule has 3 rings (SSSR count). The number of nitrogens with one attached hydrogen (secondary N) is 1. The van der Waals surface area contributed by atoms with Gasteiger partial charge in [0.2, 0.25) is 5.56 Å². The molecular formula is C12H9NO5. The van der Waals surface area contributed by atoms with Crippen LogP contribution in [-0.2, 0) is 4.79 Å². The Morgan fingerprint density at radius 1 is 1.39 bits per heavy atom. The van der Waals surface area contributed by atoms with E-state index in [1.807, 2.05) is 0 Å². The first-order valence-electron chi connectivity index (χ1n) is 5.29. The molecule has 1 aromatic heterocycles. The Morgan fingerprint density at radius 2 is 2.17 bits per heavy atom. The van der Waals surface area contributed by atoms with Crippen LogP contribution >= 0.6 is 0 Å². The van der Waals surface area contributed by atoms with E-state index in [1.165, 1.54) is 6.07 Å². The molecule has 0 bridgehead atoms. The first kappa shape index (κ1) is 10.6. The number of carboxylic acid groups (broad SMARTS) is 1. The topological polar surface area (TPSA) is 88.6 Å². The van der Waals surface area contributed by atoms with Gasteiger partial charge in [-0.25, -0.2) is 4.79 Å². The van der Waals surface area contributed by atoms with E-state index >= 15 is 0 Å². The molecule has 0 fully saturated rings. The number of aryl methyl sites for hydroxylation is 1. The number of hydrogen-bond acceptors (Lipinski definition) is 4. The van der Waals surface area contributed by atoms with Crippen LogP contribution in [0.4, 0.5) is 0 Å². The van der Waals surface area contributed by atoms with Crippen LogP contribution in [0.3, 0.4) is 0 Å². The number of aliphatic carboxylic acids is 1. The number of ether oxygens (including phenoxy) is 2. The fraction of sp³-hybridized carbons (Fsp3) is 0.167. The number of benzene rings is 1. The highest BCUT2D eigenvalue weighted by Gasteiger charge is 2.32. The third kappa shape index (κ3) is 1.42. The SMILES string of the molecule is Cc1cc2c(c3ccc(=O)[nH]c13)OC(C(=O)O)O2. The largest absolute Gasteiger partial charge is 0.476 e. The van der Waals surface area contributed by atoms with Gasteiger partial charge in [0, 0.05) is 11.5 Å². The molecule has 2 N–H and O–H groups in total. The summed E-state index contributed by atoms with van der Waals surface area (Å²) in [6, 6.07) is 4.60. The first-order chi connectivity index (χ1) is 8.56. The van der Waals surface area contributed by atoms with Crippen LogP contribution in [0.1, 0.15) is 5.56 Å². The number of aromatic amines is 1. The third-order valence-corrected chi connectivity index (χ3v) is 2.79. The summed E-state index contributed by atoms with van der Waals surface area (Å²) in [7, 11) is 0. The maximum absolute atomic E-state index is 11.3. The van der Waals surface area contributed by atoms with Crippen molar-refractivity contribution in [2.24, 2.45) is 0 Å². The Kier molecular flexibility index (Phi) is 2.07. The van der Waals surface area contributed by atoms with Gasteiger partial charge in [0.25, 0.3) is 0 Å². The van der Waals surface area contributed by atoms with Crippen molar-refractivity contribution in [1.82, 2.24) is 4.98 Å². The highest BCUT2D eigenvalue weighted by molar-refractivity contribution is 5.91. The summed E-state index contributed by atoms with van der Waals surface area (Å²) in [5, 5.41) is 9.50. The number of pyridine rings is 1. The van der Waals surface area contributed by atoms with E-state index in [1.54, 1.807) is 19.1 Å². The van der Waals surface area contributed by atoms with Crippen molar-refractivity contribution in [3.8, 4) is 11.5 Å². The fourth-order valence-electron chi connectivity index (χ4n) is 2.00. The van der Waals surface area contributed by atoms with Gasteiger partial charge in [-0.2, -0.15) is 0 Å². The second-order valence-electron chi connectivity index (χ2n) is 4.04. The maximum atomic E-state index is 11.3. The maximum Gasteiger partial charge on any atom is 0.387 e. The second-order valence-corrected chi connectivity index (χ2v) is 4.04. The molecule has 0 radical (unpaired) electrons. The molecule has 18 heavy (non-hydrogen) atoms. The lowest BCUT2D eigenvalue weighted by Gasteiger charge is -2.05. The predicted octanol–water partition coefficient (Wildman–Crippen LogP) is 1.02. The van der Waals surface area contributed by atoms with Gasteiger partial charge in [-0.05, 0) is 24.6 Å². The van der Waals surface area contributed by atoms with Gasteiger partial charge < -0.3 is 19.6 Å². The summed E-state index contributed by atoms with van der Waals surface area (Å²) < 4.78 is 10.4. The van der Waals surface area contributed by atoms with Crippen LogP contribution in [-0.4, -0.2) is 22.3 Å². The van der Waals surface area contributed by atoms with Crippen LogP contribution in [0.25, 0.3) is 10.9 Å². The minimum Gasteiger partial charge on any atom is -0.476 e. The first-order valence-corrected chi connectivity index (χ1v) is 5.29.